The summed E-state index contributed by atoms with van der Waals surface area (Å²) in [6.07, 6.45) is 3.43. The van der Waals surface area contributed by atoms with Gasteiger partial charge in [0, 0.05) is 24.6 Å². The molecule has 1 aromatic heterocycles. The minimum Gasteiger partial charge on any atom is -0.481 e. The summed E-state index contributed by atoms with van der Waals surface area (Å²) in [6, 6.07) is 11.1. The number of carbonyl (C=O) groups excluding carboxylic acids is 1. The Morgan fingerprint density at radius 2 is 1.83 bits per heavy atom. The van der Waals surface area contributed by atoms with Crippen LogP contribution in [-0.4, -0.2) is 28.7 Å². The van der Waals surface area contributed by atoms with Crippen LogP contribution in [0, 0.1) is 0 Å². The van der Waals surface area contributed by atoms with Crippen LogP contribution in [0.3, 0.4) is 0 Å². The standard InChI is InChI=1S/C17H20N2O4/c20-16(21)10-6-1-2-7-11-18-17(22)14-12-15(23-19-14)13-8-4-3-5-9-13/h3-5,8-9,12H,1-2,6-7,10-11H2,(H,18,22)(H,20,21). The molecule has 1 amide bonds. The van der Waals surface area contributed by atoms with E-state index >= 15 is 0 Å². The number of hydrogen-bond donors (Lipinski definition) is 2. The van der Waals surface area contributed by atoms with Gasteiger partial charge in [0.05, 0.1) is 0 Å². The fourth-order valence-electron chi connectivity index (χ4n) is 2.17. The Morgan fingerprint density at radius 1 is 1.09 bits per heavy atom. The zero-order valence-corrected chi connectivity index (χ0v) is 12.8. The zero-order chi connectivity index (χ0) is 16.5. The number of amides is 1. The Morgan fingerprint density at radius 3 is 2.57 bits per heavy atom. The molecule has 0 fully saturated rings. The lowest BCUT2D eigenvalue weighted by molar-refractivity contribution is -0.137. The number of benzene rings is 1. The first-order chi connectivity index (χ1) is 11.2. The summed E-state index contributed by atoms with van der Waals surface area (Å²) in [5.41, 5.74) is 1.13. The van der Waals surface area contributed by atoms with Crippen LogP contribution < -0.4 is 5.32 Å². The Labute approximate surface area is 134 Å². The SMILES string of the molecule is O=C(O)CCCCCCNC(=O)c1cc(-c2ccccc2)on1. The van der Waals surface area contributed by atoms with Crippen LogP contribution in [0.4, 0.5) is 0 Å². The van der Waals surface area contributed by atoms with Gasteiger partial charge in [0.25, 0.3) is 5.91 Å². The topological polar surface area (TPSA) is 92.4 Å². The molecule has 0 saturated carbocycles. The summed E-state index contributed by atoms with van der Waals surface area (Å²) >= 11 is 0. The van der Waals surface area contributed by atoms with Gasteiger partial charge in [-0.05, 0) is 12.8 Å². The largest absolute Gasteiger partial charge is 0.481 e. The number of unbranched alkanes of at least 4 members (excludes halogenated alkanes) is 3. The van der Waals surface area contributed by atoms with E-state index in [1.54, 1.807) is 6.07 Å². The van der Waals surface area contributed by atoms with Crippen molar-refractivity contribution >= 4 is 11.9 Å². The summed E-state index contributed by atoms with van der Waals surface area (Å²) in [7, 11) is 0. The molecule has 122 valence electrons. The van der Waals surface area contributed by atoms with Crippen LogP contribution in [0.2, 0.25) is 0 Å². The molecule has 23 heavy (non-hydrogen) atoms. The predicted octanol–water partition coefficient (Wildman–Crippen LogP) is 3.11. The highest BCUT2D eigenvalue weighted by Crippen LogP contribution is 2.19. The number of aliphatic carboxylic acids is 1. The van der Waals surface area contributed by atoms with Gasteiger partial charge in [-0.15, -0.1) is 0 Å². The minimum absolute atomic E-state index is 0.202. The first-order valence-electron chi connectivity index (χ1n) is 7.69. The van der Waals surface area contributed by atoms with E-state index in [2.05, 4.69) is 10.5 Å². The van der Waals surface area contributed by atoms with E-state index < -0.39 is 5.97 Å². The molecule has 0 atom stereocenters. The van der Waals surface area contributed by atoms with E-state index in [0.29, 0.717) is 18.7 Å². The Hall–Kier alpha value is -2.63. The fraction of sp³-hybridized carbons (Fsp3) is 0.353. The summed E-state index contributed by atoms with van der Waals surface area (Å²) in [5.74, 6) is -0.468. The average Bonchev–Trinajstić information content (AvgIpc) is 3.04. The summed E-state index contributed by atoms with van der Waals surface area (Å²) in [4.78, 5) is 22.3. The predicted molar refractivity (Wildman–Crippen MR) is 85.0 cm³/mol. The summed E-state index contributed by atoms with van der Waals surface area (Å²) in [6.45, 7) is 0.541. The lowest BCUT2D eigenvalue weighted by Gasteiger charge is -2.02. The number of aromatic nitrogens is 1. The third-order valence-corrected chi connectivity index (χ3v) is 3.40. The molecule has 0 spiro atoms. The van der Waals surface area contributed by atoms with Crippen molar-refractivity contribution in [3.05, 3.63) is 42.1 Å². The zero-order valence-electron chi connectivity index (χ0n) is 12.8. The van der Waals surface area contributed by atoms with Crippen molar-refractivity contribution < 1.29 is 19.2 Å². The molecule has 0 saturated heterocycles. The van der Waals surface area contributed by atoms with Gasteiger partial charge in [-0.25, -0.2) is 0 Å². The number of nitrogens with zero attached hydrogens (tertiary/aromatic N) is 1. The van der Waals surface area contributed by atoms with Crippen LogP contribution in [0.5, 0.6) is 0 Å². The van der Waals surface area contributed by atoms with Crippen LogP contribution in [0.1, 0.15) is 42.6 Å². The highest BCUT2D eigenvalue weighted by Gasteiger charge is 2.12. The smallest absolute Gasteiger partial charge is 0.303 e. The highest BCUT2D eigenvalue weighted by atomic mass is 16.5. The molecule has 0 aliphatic carbocycles. The Bertz CT molecular complexity index is 637. The number of rotatable bonds is 9. The van der Waals surface area contributed by atoms with Crippen molar-refractivity contribution in [1.29, 1.82) is 0 Å². The first-order valence-corrected chi connectivity index (χ1v) is 7.69. The second kappa shape index (κ2) is 8.73. The second-order valence-electron chi connectivity index (χ2n) is 5.26. The number of carbonyl (C=O) groups is 2. The van der Waals surface area contributed by atoms with E-state index in [4.69, 9.17) is 9.63 Å². The van der Waals surface area contributed by atoms with Gasteiger partial charge in [0.15, 0.2) is 11.5 Å². The molecular weight excluding hydrogens is 296 g/mol. The molecule has 6 nitrogen and oxygen atoms in total. The number of hydrogen-bond acceptors (Lipinski definition) is 4. The van der Waals surface area contributed by atoms with E-state index in [0.717, 1.165) is 24.8 Å². The van der Waals surface area contributed by atoms with Gasteiger partial charge in [-0.1, -0.05) is 48.3 Å². The Balaban J connectivity index is 1.70. The molecular formula is C17H20N2O4. The molecule has 2 N–H and O–H groups in total. The lowest BCUT2D eigenvalue weighted by atomic mass is 10.1. The molecule has 1 heterocycles. The van der Waals surface area contributed by atoms with Crippen molar-refractivity contribution in [3.8, 4) is 11.3 Å². The molecule has 0 radical (unpaired) electrons. The second-order valence-corrected chi connectivity index (χ2v) is 5.26. The maximum Gasteiger partial charge on any atom is 0.303 e. The molecule has 1 aromatic carbocycles. The van der Waals surface area contributed by atoms with Crippen molar-refractivity contribution in [3.63, 3.8) is 0 Å². The molecule has 0 bridgehead atoms. The third kappa shape index (κ3) is 5.58. The van der Waals surface area contributed by atoms with Crippen LogP contribution in [0.15, 0.2) is 40.9 Å². The minimum atomic E-state index is -0.765. The maximum absolute atomic E-state index is 12.0. The molecule has 2 rings (SSSR count). The lowest BCUT2D eigenvalue weighted by Crippen LogP contribution is -2.24. The van der Waals surface area contributed by atoms with Crippen LogP contribution in [-0.2, 0) is 4.79 Å². The van der Waals surface area contributed by atoms with Gasteiger partial charge in [-0.3, -0.25) is 9.59 Å². The monoisotopic (exact) mass is 316 g/mol. The van der Waals surface area contributed by atoms with E-state index in [9.17, 15) is 9.59 Å². The van der Waals surface area contributed by atoms with Crippen molar-refractivity contribution in [1.82, 2.24) is 10.5 Å². The van der Waals surface area contributed by atoms with Crippen LogP contribution >= 0.6 is 0 Å². The average molecular weight is 316 g/mol. The Kier molecular flexibility index (Phi) is 6.35. The van der Waals surface area contributed by atoms with Gasteiger partial charge < -0.3 is 14.9 Å². The van der Waals surface area contributed by atoms with Crippen molar-refractivity contribution in [2.75, 3.05) is 6.54 Å². The number of carboxylic acids is 1. The van der Waals surface area contributed by atoms with Crippen LogP contribution in [0.25, 0.3) is 11.3 Å². The first kappa shape index (κ1) is 16.7. The van der Waals surface area contributed by atoms with E-state index in [1.165, 1.54) is 0 Å². The molecule has 0 unspecified atom stereocenters. The van der Waals surface area contributed by atoms with Gasteiger partial charge in [0.1, 0.15) is 0 Å². The van der Waals surface area contributed by atoms with Crippen molar-refractivity contribution in [2.45, 2.75) is 32.1 Å². The molecule has 6 heteroatoms. The summed E-state index contributed by atoms with van der Waals surface area (Å²) in [5, 5.41) is 15.1. The quantitative estimate of drug-likeness (QED) is 0.693. The van der Waals surface area contributed by atoms with E-state index in [-0.39, 0.29) is 18.0 Å². The number of carboxylic acid groups (broad SMARTS) is 1. The normalized spacial score (nSPS) is 10.4. The van der Waals surface area contributed by atoms with E-state index in [1.807, 2.05) is 30.3 Å². The number of nitrogens with one attached hydrogen (secondary N) is 1. The molecule has 2 aromatic rings. The maximum atomic E-state index is 12.0. The molecule has 0 aliphatic heterocycles. The van der Waals surface area contributed by atoms with Gasteiger partial charge >= 0.3 is 5.97 Å². The van der Waals surface area contributed by atoms with Gasteiger partial charge in [-0.2, -0.15) is 0 Å². The third-order valence-electron chi connectivity index (χ3n) is 3.40. The molecule has 0 aliphatic rings. The highest BCUT2D eigenvalue weighted by molar-refractivity contribution is 5.93. The summed E-state index contributed by atoms with van der Waals surface area (Å²) < 4.78 is 5.19. The van der Waals surface area contributed by atoms with Gasteiger partial charge in [0.2, 0.25) is 0 Å². The van der Waals surface area contributed by atoms with Crippen molar-refractivity contribution in [2.24, 2.45) is 0 Å². The fourth-order valence-corrected chi connectivity index (χ4v) is 2.17.